The Labute approximate surface area is 153 Å². The molecule has 1 aliphatic rings. The Hall–Kier alpha value is -2.34. The lowest BCUT2D eigenvalue weighted by molar-refractivity contribution is -0.137. The summed E-state index contributed by atoms with van der Waals surface area (Å²) in [7, 11) is 1.55. The van der Waals surface area contributed by atoms with Crippen molar-refractivity contribution in [3.63, 3.8) is 0 Å². The van der Waals surface area contributed by atoms with Gasteiger partial charge in [0.15, 0.2) is 6.61 Å². The van der Waals surface area contributed by atoms with Crippen LogP contribution in [0.3, 0.4) is 0 Å². The summed E-state index contributed by atoms with van der Waals surface area (Å²) in [6.07, 6.45) is 1.11. The van der Waals surface area contributed by atoms with Crippen LogP contribution in [0.1, 0.15) is 36.4 Å². The number of nitrogens with zero attached hydrogens (tertiary/aromatic N) is 1. The number of benzene rings is 1. The number of likely N-dealkylation sites (tertiary alicyclic amines) is 1. The van der Waals surface area contributed by atoms with E-state index in [1.54, 1.807) is 18.1 Å². The zero-order valence-corrected chi connectivity index (χ0v) is 15.5. The number of rotatable bonds is 5. The molecule has 0 N–H and O–H groups in total. The maximum absolute atomic E-state index is 12.5. The topological polar surface area (TPSA) is 69.0 Å². The van der Waals surface area contributed by atoms with Crippen LogP contribution in [0.15, 0.2) is 28.7 Å². The van der Waals surface area contributed by atoms with Gasteiger partial charge in [-0.25, -0.2) is 4.79 Å². The van der Waals surface area contributed by atoms with Crippen LogP contribution >= 0.6 is 0 Å². The van der Waals surface area contributed by atoms with Gasteiger partial charge in [-0.15, -0.1) is 0 Å². The predicted octanol–water partition coefficient (Wildman–Crippen LogP) is 3.24. The van der Waals surface area contributed by atoms with Gasteiger partial charge in [0.1, 0.15) is 5.58 Å². The molecule has 2 aromatic rings. The van der Waals surface area contributed by atoms with Crippen molar-refractivity contribution < 1.29 is 23.5 Å². The predicted molar refractivity (Wildman–Crippen MR) is 96.7 cm³/mol. The van der Waals surface area contributed by atoms with Crippen molar-refractivity contribution in [1.82, 2.24) is 4.90 Å². The summed E-state index contributed by atoms with van der Waals surface area (Å²) in [5, 5.41) is 0.811. The molecule has 2 atom stereocenters. The molecule has 2 heterocycles. The normalized spacial score (nSPS) is 20.3. The van der Waals surface area contributed by atoms with Gasteiger partial charge >= 0.3 is 5.97 Å². The Balaban J connectivity index is 1.69. The number of hydrogen-bond acceptors (Lipinski definition) is 5. The summed E-state index contributed by atoms with van der Waals surface area (Å²) < 4.78 is 16.1. The SMILES string of the molecule is COCc1c(C(=O)OCC(=O)N2CC(C)CC(C)C2)oc2ccccc12. The lowest BCUT2D eigenvalue weighted by Crippen LogP contribution is -2.44. The molecule has 1 fully saturated rings. The van der Waals surface area contributed by atoms with Gasteiger partial charge in [-0.2, -0.15) is 0 Å². The third kappa shape index (κ3) is 3.90. The van der Waals surface area contributed by atoms with E-state index >= 15 is 0 Å². The minimum absolute atomic E-state index is 0.0984. The molecule has 6 heteroatoms. The lowest BCUT2D eigenvalue weighted by atomic mass is 9.92. The zero-order chi connectivity index (χ0) is 18.7. The summed E-state index contributed by atoms with van der Waals surface area (Å²) in [6.45, 7) is 5.64. The first-order valence-corrected chi connectivity index (χ1v) is 8.93. The molecule has 26 heavy (non-hydrogen) atoms. The van der Waals surface area contributed by atoms with Crippen LogP contribution in [0.2, 0.25) is 0 Å². The van der Waals surface area contributed by atoms with Crippen molar-refractivity contribution in [3.05, 3.63) is 35.6 Å². The number of piperidine rings is 1. The minimum atomic E-state index is -0.639. The van der Waals surface area contributed by atoms with Crippen molar-refractivity contribution in [1.29, 1.82) is 0 Å². The quantitative estimate of drug-likeness (QED) is 0.767. The van der Waals surface area contributed by atoms with Crippen molar-refractivity contribution in [2.75, 3.05) is 26.8 Å². The van der Waals surface area contributed by atoms with E-state index in [2.05, 4.69) is 13.8 Å². The average Bonchev–Trinajstić information content (AvgIpc) is 2.98. The fourth-order valence-electron chi connectivity index (χ4n) is 3.70. The van der Waals surface area contributed by atoms with Crippen LogP contribution in [-0.4, -0.2) is 43.6 Å². The second kappa shape index (κ2) is 7.91. The number of ether oxygens (including phenoxy) is 2. The number of esters is 1. The van der Waals surface area contributed by atoms with Crippen LogP contribution in [0.4, 0.5) is 0 Å². The first kappa shape index (κ1) is 18.5. The van der Waals surface area contributed by atoms with Crippen LogP contribution in [0, 0.1) is 11.8 Å². The maximum Gasteiger partial charge on any atom is 0.375 e. The summed E-state index contributed by atoms with van der Waals surface area (Å²) in [6, 6.07) is 7.35. The van der Waals surface area contributed by atoms with Crippen LogP contribution < -0.4 is 0 Å². The number of methoxy groups -OCH3 is 1. The van der Waals surface area contributed by atoms with E-state index in [1.165, 1.54) is 0 Å². The molecule has 0 bridgehead atoms. The molecule has 2 unspecified atom stereocenters. The van der Waals surface area contributed by atoms with E-state index in [0.717, 1.165) is 11.8 Å². The number of fused-ring (bicyclic) bond motifs is 1. The molecule has 6 nitrogen and oxygen atoms in total. The third-order valence-electron chi connectivity index (χ3n) is 4.72. The molecule has 1 aromatic carbocycles. The number of carbonyl (C=O) groups excluding carboxylic acids is 2. The number of carbonyl (C=O) groups is 2. The molecule has 0 aliphatic carbocycles. The van der Waals surface area contributed by atoms with E-state index in [9.17, 15) is 9.59 Å². The fraction of sp³-hybridized carbons (Fsp3) is 0.500. The average molecular weight is 359 g/mol. The monoisotopic (exact) mass is 359 g/mol. The Morgan fingerprint density at radius 2 is 1.88 bits per heavy atom. The Bertz CT molecular complexity index is 787. The lowest BCUT2D eigenvalue weighted by Gasteiger charge is -2.34. The molecule has 1 aliphatic heterocycles. The van der Waals surface area contributed by atoms with Crippen molar-refractivity contribution >= 4 is 22.8 Å². The summed E-state index contributed by atoms with van der Waals surface area (Å²) in [4.78, 5) is 26.7. The molecule has 0 saturated carbocycles. The van der Waals surface area contributed by atoms with Gasteiger partial charge < -0.3 is 18.8 Å². The molecular weight excluding hydrogens is 334 g/mol. The molecule has 1 saturated heterocycles. The van der Waals surface area contributed by atoms with Gasteiger partial charge in [-0.1, -0.05) is 32.0 Å². The largest absolute Gasteiger partial charge is 0.450 e. The second-order valence-electron chi connectivity index (χ2n) is 7.16. The van der Waals surface area contributed by atoms with Gasteiger partial charge in [0.25, 0.3) is 5.91 Å². The summed E-state index contributed by atoms with van der Waals surface area (Å²) in [5.74, 6) is 0.214. The second-order valence-corrected chi connectivity index (χ2v) is 7.16. The van der Waals surface area contributed by atoms with E-state index < -0.39 is 5.97 Å². The first-order valence-electron chi connectivity index (χ1n) is 8.93. The fourth-order valence-corrected chi connectivity index (χ4v) is 3.70. The van der Waals surface area contributed by atoms with Gasteiger partial charge in [0.2, 0.25) is 5.76 Å². The number of para-hydroxylation sites is 1. The highest BCUT2D eigenvalue weighted by molar-refractivity contribution is 5.96. The highest BCUT2D eigenvalue weighted by atomic mass is 16.5. The van der Waals surface area contributed by atoms with Crippen molar-refractivity contribution in [3.8, 4) is 0 Å². The maximum atomic E-state index is 12.5. The molecule has 0 spiro atoms. The molecule has 1 amide bonds. The van der Waals surface area contributed by atoms with Crippen LogP contribution in [0.5, 0.6) is 0 Å². The van der Waals surface area contributed by atoms with Crippen LogP contribution in [0.25, 0.3) is 11.0 Å². The summed E-state index contributed by atoms with van der Waals surface area (Å²) in [5.41, 5.74) is 1.23. The van der Waals surface area contributed by atoms with Gasteiger partial charge in [0.05, 0.1) is 6.61 Å². The first-order chi connectivity index (χ1) is 12.5. The number of hydrogen-bond donors (Lipinski definition) is 0. The van der Waals surface area contributed by atoms with Gasteiger partial charge in [-0.05, 0) is 24.3 Å². The number of amides is 1. The third-order valence-corrected chi connectivity index (χ3v) is 4.72. The zero-order valence-electron chi connectivity index (χ0n) is 15.5. The van der Waals surface area contributed by atoms with Crippen molar-refractivity contribution in [2.24, 2.45) is 11.8 Å². The van der Waals surface area contributed by atoms with E-state index in [0.29, 0.717) is 36.1 Å². The smallest absolute Gasteiger partial charge is 0.375 e. The number of furan rings is 1. The molecule has 0 radical (unpaired) electrons. The molecular formula is C20H25NO5. The van der Waals surface area contributed by atoms with E-state index in [4.69, 9.17) is 13.9 Å². The Morgan fingerprint density at radius 3 is 2.58 bits per heavy atom. The highest BCUT2D eigenvalue weighted by Gasteiger charge is 2.27. The molecule has 3 rings (SSSR count). The van der Waals surface area contributed by atoms with E-state index in [-0.39, 0.29) is 24.9 Å². The van der Waals surface area contributed by atoms with Gasteiger partial charge in [0, 0.05) is 31.1 Å². The minimum Gasteiger partial charge on any atom is -0.450 e. The Kier molecular flexibility index (Phi) is 5.61. The Morgan fingerprint density at radius 1 is 1.19 bits per heavy atom. The van der Waals surface area contributed by atoms with Crippen molar-refractivity contribution in [2.45, 2.75) is 26.9 Å². The molecule has 140 valence electrons. The molecule has 1 aromatic heterocycles. The van der Waals surface area contributed by atoms with Gasteiger partial charge in [-0.3, -0.25) is 4.79 Å². The highest BCUT2D eigenvalue weighted by Crippen LogP contribution is 2.27. The standard InChI is InChI=1S/C20H25NO5/c1-13-8-14(2)10-21(9-13)18(22)12-25-20(23)19-16(11-24-3)15-6-4-5-7-17(15)26-19/h4-7,13-14H,8-12H2,1-3H3. The van der Waals surface area contributed by atoms with Crippen LogP contribution in [-0.2, 0) is 20.9 Å². The summed E-state index contributed by atoms with van der Waals surface area (Å²) >= 11 is 0. The van der Waals surface area contributed by atoms with E-state index in [1.807, 2.05) is 18.2 Å².